The summed E-state index contributed by atoms with van der Waals surface area (Å²) in [5, 5.41) is 48.6. The lowest BCUT2D eigenvalue weighted by molar-refractivity contribution is -0.271. The van der Waals surface area contributed by atoms with Crippen LogP contribution in [-0.4, -0.2) is 62.2 Å². The van der Waals surface area contributed by atoms with Crippen molar-refractivity contribution in [3.05, 3.63) is 59.7 Å². The number of hydrogen-bond acceptors (Lipinski definition) is 7. The van der Waals surface area contributed by atoms with Crippen LogP contribution in [0.2, 0.25) is 0 Å². The quantitative estimate of drug-likeness (QED) is 0.411. The number of rotatable bonds is 7. The van der Waals surface area contributed by atoms with E-state index >= 15 is 0 Å². The Balaban J connectivity index is 1.83. The first kappa shape index (κ1) is 23.7. The topological polar surface area (TPSA) is 137 Å². The molecule has 5 atom stereocenters. The van der Waals surface area contributed by atoms with Gasteiger partial charge in [0.15, 0.2) is 6.10 Å². The maximum atomic E-state index is 11.2. The molecule has 1 aliphatic rings. The molecule has 32 heavy (non-hydrogen) atoms. The molecule has 2 aromatic carbocycles. The van der Waals surface area contributed by atoms with Gasteiger partial charge in [-0.15, -0.1) is 0 Å². The molecule has 1 saturated heterocycles. The summed E-state index contributed by atoms with van der Waals surface area (Å²) >= 11 is 0. The summed E-state index contributed by atoms with van der Waals surface area (Å²) in [6.07, 6.45) is -6.71. The molecule has 0 bridgehead atoms. The highest BCUT2D eigenvalue weighted by Gasteiger charge is 2.48. The molecule has 3 rings (SSSR count). The van der Waals surface area contributed by atoms with E-state index in [0.717, 1.165) is 35.1 Å². The highest BCUT2D eigenvalue weighted by molar-refractivity contribution is 5.90. The number of benzene rings is 2. The second-order valence-corrected chi connectivity index (χ2v) is 7.59. The van der Waals surface area contributed by atoms with Crippen LogP contribution in [0.3, 0.4) is 0 Å². The number of aliphatic hydroxyl groups excluding tert-OH is 3. The van der Waals surface area contributed by atoms with Crippen molar-refractivity contribution in [3.63, 3.8) is 0 Å². The van der Waals surface area contributed by atoms with Gasteiger partial charge in [0.2, 0.25) is 6.29 Å². The number of phenolic OH excluding ortho intramolecular Hbond substituents is 1. The summed E-state index contributed by atoms with van der Waals surface area (Å²) in [6.45, 7) is 4.12. The molecule has 0 radical (unpaired) electrons. The van der Waals surface area contributed by atoms with E-state index in [1.54, 1.807) is 24.3 Å². The van der Waals surface area contributed by atoms with E-state index in [1.807, 2.05) is 24.3 Å². The second kappa shape index (κ2) is 10.1. The van der Waals surface area contributed by atoms with Crippen LogP contribution in [0.15, 0.2) is 48.5 Å². The van der Waals surface area contributed by atoms with Crippen LogP contribution in [0, 0.1) is 0 Å². The molecular formula is C24H28O8. The highest BCUT2D eigenvalue weighted by Crippen LogP contribution is 2.33. The molecule has 172 valence electrons. The average Bonchev–Trinajstić information content (AvgIpc) is 2.79. The maximum Gasteiger partial charge on any atom is 0.335 e. The Labute approximate surface area is 186 Å². The molecule has 2 aromatic rings. The van der Waals surface area contributed by atoms with Crippen LogP contribution in [0.4, 0.5) is 0 Å². The van der Waals surface area contributed by atoms with Crippen molar-refractivity contribution in [3.8, 4) is 11.5 Å². The van der Waals surface area contributed by atoms with Crippen molar-refractivity contribution < 1.29 is 39.8 Å². The van der Waals surface area contributed by atoms with Crippen LogP contribution in [0.25, 0.3) is 11.1 Å². The Kier molecular flexibility index (Phi) is 7.52. The number of aliphatic carboxylic acids is 1. The van der Waals surface area contributed by atoms with Crippen LogP contribution in [0.5, 0.6) is 11.5 Å². The number of allylic oxidation sites excluding steroid dienone is 2. The van der Waals surface area contributed by atoms with E-state index in [4.69, 9.17) is 14.6 Å². The Hall–Kier alpha value is -2.91. The predicted octanol–water partition coefficient (Wildman–Crippen LogP) is 2.39. The van der Waals surface area contributed by atoms with Crippen LogP contribution in [-0.2, 0) is 9.53 Å². The number of aliphatic hydroxyl groups is 3. The van der Waals surface area contributed by atoms with Gasteiger partial charge in [-0.2, -0.15) is 0 Å². The van der Waals surface area contributed by atoms with Gasteiger partial charge in [-0.3, -0.25) is 0 Å². The summed E-state index contributed by atoms with van der Waals surface area (Å²) in [5.41, 5.74) is 4.26. The Morgan fingerprint density at radius 3 is 1.81 bits per heavy atom. The van der Waals surface area contributed by atoms with E-state index in [1.165, 1.54) is 0 Å². The fourth-order valence-electron chi connectivity index (χ4n) is 3.86. The SMILES string of the molecule is CC/C(=C(\CC)c1ccc(OC2OC(C(=O)O)C(O)C(O)C2O)cc1)c1ccc(O)cc1. The number of hydrogen-bond donors (Lipinski definition) is 5. The number of phenols is 1. The molecule has 0 spiro atoms. The standard InChI is InChI=1S/C24H28O8/c1-3-17(13-5-9-15(25)10-6-13)18(4-2)14-7-11-16(12-8-14)31-24-21(28)19(26)20(27)22(32-24)23(29)30/h5-12,19-22,24-28H,3-4H2,1-2H3,(H,29,30)/b18-17-. The van der Waals surface area contributed by atoms with Crippen molar-refractivity contribution in [1.82, 2.24) is 0 Å². The van der Waals surface area contributed by atoms with Gasteiger partial charge in [0.1, 0.15) is 29.8 Å². The lowest BCUT2D eigenvalue weighted by Gasteiger charge is -2.38. The predicted molar refractivity (Wildman–Crippen MR) is 117 cm³/mol. The van der Waals surface area contributed by atoms with Gasteiger partial charge in [0, 0.05) is 0 Å². The Morgan fingerprint density at radius 1 is 0.844 bits per heavy atom. The summed E-state index contributed by atoms with van der Waals surface area (Å²) in [7, 11) is 0. The van der Waals surface area contributed by atoms with Gasteiger partial charge < -0.3 is 35.0 Å². The monoisotopic (exact) mass is 444 g/mol. The third-order valence-corrected chi connectivity index (χ3v) is 5.56. The lowest BCUT2D eigenvalue weighted by Crippen LogP contribution is -2.61. The smallest absolute Gasteiger partial charge is 0.335 e. The summed E-state index contributed by atoms with van der Waals surface area (Å²) in [6, 6.07) is 14.1. The van der Waals surface area contributed by atoms with Crippen LogP contribution in [0.1, 0.15) is 37.8 Å². The molecular weight excluding hydrogens is 416 g/mol. The van der Waals surface area contributed by atoms with E-state index < -0.39 is 36.7 Å². The van der Waals surface area contributed by atoms with Crippen molar-refractivity contribution in [2.45, 2.75) is 57.4 Å². The zero-order chi connectivity index (χ0) is 23.4. The lowest BCUT2D eigenvalue weighted by atomic mass is 9.91. The normalized spacial score (nSPS) is 26.3. The van der Waals surface area contributed by atoms with Gasteiger partial charge >= 0.3 is 5.97 Å². The van der Waals surface area contributed by atoms with Crippen LogP contribution >= 0.6 is 0 Å². The minimum atomic E-state index is -1.77. The molecule has 0 aromatic heterocycles. The fourth-order valence-corrected chi connectivity index (χ4v) is 3.86. The summed E-state index contributed by atoms with van der Waals surface area (Å²) < 4.78 is 10.7. The van der Waals surface area contributed by atoms with Crippen molar-refractivity contribution >= 4 is 17.1 Å². The van der Waals surface area contributed by atoms with E-state index in [0.29, 0.717) is 5.75 Å². The van der Waals surface area contributed by atoms with Gasteiger partial charge in [0.05, 0.1) is 0 Å². The highest BCUT2D eigenvalue weighted by atomic mass is 16.7. The number of aromatic hydroxyl groups is 1. The summed E-state index contributed by atoms with van der Waals surface area (Å²) in [4.78, 5) is 11.2. The van der Waals surface area contributed by atoms with Crippen molar-refractivity contribution in [1.29, 1.82) is 0 Å². The molecule has 8 nitrogen and oxygen atoms in total. The van der Waals surface area contributed by atoms with Gasteiger partial charge in [-0.05, 0) is 59.4 Å². The fraction of sp³-hybridized carbons (Fsp3) is 0.375. The minimum Gasteiger partial charge on any atom is -0.508 e. The first-order valence-corrected chi connectivity index (χ1v) is 10.5. The molecule has 8 heteroatoms. The second-order valence-electron chi connectivity index (χ2n) is 7.59. The zero-order valence-electron chi connectivity index (χ0n) is 17.9. The van der Waals surface area contributed by atoms with Crippen molar-refractivity contribution in [2.75, 3.05) is 0 Å². The maximum absolute atomic E-state index is 11.2. The third-order valence-electron chi connectivity index (χ3n) is 5.56. The first-order valence-electron chi connectivity index (χ1n) is 10.5. The molecule has 5 unspecified atom stereocenters. The molecule has 0 amide bonds. The molecule has 1 fully saturated rings. The molecule has 0 aliphatic carbocycles. The number of ether oxygens (including phenoxy) is 2. The first-order chi connectivity index (χ1) is 15.3. The zero-order valence-corrected chi connectivity index (χ0v) is 17.9. The van der Waals surface area contributed by atoms with E-state index in [2.05, 4.69) is 13.8 Å². The summed E-state index contributed by atoms with van der Waals surface area (Å²) in [5.74, 6) is -0.950. The molecule has 1 heterocycles. The van der Waals surface area contributed by atoms with Crippen LogP contribution < -0.4 is 4.74 Å². The number of carbonyl (C=O) groups is 1. The Morgan fingerprint density at radius 2 is 1.34 bits per heavy atom. The van der Waals surface area contributed by atoms with Gasteiger partial charge in [-0.1, -0.05) is 38.1 Å². The number of carboxylic acid groups (broad SMARTS) is 1. The molecule has 5 N–H and O–H groups in total. The van der Waals surface area contributed by atoms with Gasteiger partial charge in [0.25, 0.3) is 0 Å². The van der Waals surface area contributed by atoms with E-state index in [9.17, 15) is 25.2 Å². The van der Waals surface area contributed by atoms with E-state index in [-0.39, 0.29) is 5.75 Å². The van der Waals surface area contributed by atoms with Gasteiger partial charge in [-0.25, -0.2) is 4.79 Å². The Bertz CT molecular complexity index is 951. The third kappa shape index (κ3) is 4.94. The van der Waals surface area contributed by atoms with Crippen molar-refractivity contribution in [2.24, 2.45) is 0 Å². The molecule has 0 saturated carbocycles. The average molecular weight is 444 g/mol. The number of carboxylic acids is 1. The molecule has 1 aliphatic heterocycles. The largest absolute Gasteiger partial charge is 0.508 e. The minimum absolute atomic E-state index is 0.207.